The summed E-state index contributed by atoms with van der Waals surface area (Å²) < 4.78 is 1.71. The van der Waals surface area contributed by atoms with Crippen molar-refractivity contribution in [2.24, 2.45) is 7.05 Å². The first-order chi connectivity index (χ1) is 11.5. The summed E-state index contributed by atoms with van der Waals surface area (Å²) in [7, 11) is 3.78. The molecule has 1 amide bonds. The predicted octanol–water partition coefficient (Wildman–Crippen LogP) is 2.47. The van der Waals surface area contributed by atoms with Gasteiger partial charge in [-0.15, -0.1) is 0 Å². The lowest BCUT2D eigenvalue weighted by atomic mass is 10.0. The minimum absolute atomic E-state index is 0.0761. The molecule has 1 aromatic heterocycles. The van der Waals surface area contributed by atoms with Gasteiger partial charge in [0.1, 0.15) is 0 Å². The summed E-state index contributed by atoms with van der Waals surface area (Å²) in [6, 6.07) is 10.8. The molecule has 24 heavy (non-hydrogen) atoms. The van der Waals surface area contributed by atoms with Gasteiger partial charge in [-0.1, -0.05) is 30.3 Å². The zero-order valence-corrected chi connectivity index (χ0v) is 14.8. The molecule has 2 aromatic rings. The Balaban J connectivity index is 1.65. The highest BCUT2D eigenvalue weighted by atomic mass is 16.2. The molecule has 1 aromatic carbocycles. The Morgan fingerprint density at radius 3 is 2.75 bits per heavy atom. The number of hydrogen-bond donors (Lipinski definition) is 0. The van der Waals surface area contributed by atoms with Crippen molar-refractivity contribution in [3.63, 3.8) is 0 Å². The molecule has 5 nitrogen and oxygen atoms in total. The van der Waals surface area contributed by atoms with Crippen LogP contribution in [0.25, 0.3) is 0 Å². The molecule has 1 fully saturated rings. The molecule has 0 spiro atoms. The van der Waals surface area contributed by atoms with Crippen molar-refractivity contribution in [3.05, 3.63) is 53.3 Å². The maximum Gasteiger partial charge on any atom is 0.257 e. The van der Waals surface area contributed by atoms with Gasteiger partial charge in [-0.3, -0.25) is 14.4 Å². The number of aromatic nitrogens is 2. The van der Waals surface area contributed by atoms with Gasteiger partial charge in [0.2, 0.25) is 0 Å². The first-order valence-corrected chi connectivity index (χ1v) is 8.58. The van der Waals surface area contributed by atoms with Crippen LogP contribution in [0.4, 0.5) is 0 Å². The molecule has 1 saturated heterocycles. The summed E-state index contributed by atoms with van der Waals surface area (Å²) in [6.45, 7) is 4.87. The Morgan fingerprint density at radius 2 is 2.08 bits per heavy atom. The Bertz CT molecular complexity index is 695. The quantitative estimate of drug-likeness (QED) is 0.867. The maximum absolute atomic E-state index is 12.8. The molecule has 1 aliphatic rings. The van der Waals surface area contributed by atoms with Gasteiger partial charge in [-0.2, -0.15) is 5.10 Å². The van der Waals surface area contributed by atoms with E-state index in [9.17, 15) is 4.79 Å². The van der Waals surface area contributed by atoms with Gasteiger partial charge in [0.05, 0.1) is 11.3 Å². The number of benzene rings is 1. The molecule has 0 N–H and O–H groups in total. The van der Waals surface area contributed by atoms with Crippen LogP contribution < -0.4 is 0 Å². The first kappa shape index (κ1) is 16.7. The van der Waals surface area contributed by atoms with Crippen molar-refractivity contribution >= 4 is 5.91 Å². The summed E-state index contributed by atoms with van der Waals surface area (Å²) >= 11 is 0. The summed E-state index contributed by atoms with van der Waals surface area (Å²) in [5.74, 6) is 0.0761. The lowest BCUT2D eigenvalue weighted by molar-refractivity contribution is 0.0608. The molecule has 2 heterocycles. The van der Waals surface area contributed by atoms with E-state index in [1.54, 1.807) is 4.68 Å². The van der Waals surface area contributed by atoms with E-state index in [1.807, 2.05) is 38.2 Å². The SMILES string of the molecule is Cc1nn(C)cc1C(=O)N(C)C1CCCN(Cc2ccccc2)C1. The van der Waals surface area contributed by atoms with Crippen molar-refractivity contribution < 1.29 is 4.79 Å². The van der Waals surface area contributed by atoms with Gasteiger partial charge in [0.25, 0.3) is 5.91 Å². The normalized spacial score (nSPS) is 18.5. The second kappa shape index (κ2) is 7.18. The number of rotatable bonds is 4. The molecule has 0 aliphatic carbocycles. The molecule has 0 radical (unpaired) electrons. The summed E-state index contributed by atoms with van der Waals surface area (Å²) in [6.07, 6.45) is 4.01. The molecule has 0 saturated carbocycles. The Labute approximate surface area is 143 Å². The minimum Gasteiger partial charge on any atom is -0.337 e. The second-order valence-corrected chi connectivity index (χ2v) is 6.73. The second-order valence-electron chi connectivity index (χ2n) is 6.73. The van der Waals surface area contributed by atoms with Crippen LogP contribution in [0.1, 0.15) is 34.5 Å². The number of carbonyl (C=O) groups is 1. The van der Waals surface area contributed by atoms with Crippen molar-refractivity contribution in [3.8, 4) is 0 Å². The maximum atomic E-state index is 12.8. The molecule has 128 valence electrons. The summed E-state index contributed by atoms with van der Waals surface area (Å²) in [4.78, 5) is 17.1. The number of hydrogen-bond acceptors (Lipinski definition) is 3. The third-order valence-electron chi connectivity index (χ3n) is 4.84. The number of aryl methyl sites for hydroxylation is 2. The fourth-order valence-corrected chi connectivity index (χ4v) is 3.50. The third kappa shape index (κ3) is 3.67. The van der Waals surface area contributed by atoms with Crippen molar-refractivity contribution in [2.75, 3.05) is 20.1 Å². The van der Waals surface area contributed by atoms with Crippen molar-refractivity contribution in [1.29, 1.82) is 0 Å². The largest absolute Gasteiger partial charge is 0.337 e. The van der Waals surface area contributed by atoms with Gasteiger partial charge in [-0.05, 0) is 31.9 Å². The van der Waals surface area contributed by atoms with Gasteiger partial charge < -0.3 is 4.90 Å². The van der Waals surface area contributed by atoms with Crippen LogP contribution in [-0.4, -0.2) is 51.7 Å². The zero-order chi connectivity index (χ0) is 17.1. The minimum atomic E-state index is 0.0761. The van der Waals surface area contributed by atoms with E-state index >= 15 is 0 Å². The summed E-state index contributed by atoms with van der Waals surface area (Å²) in [5, 5.41) is 4.29. The van der Waals surface area contributed by atoms with Crippen LogP contribution in [0.15, 0.2) is 36.5 Å². The van der Waals surface area contributed by atoms with Crippen LogP contribution in [0, 0.1) is 6.92 Å². The fourth-order valence-electron chi connectivity index (χ4n) is 3.50. The topological polar surface area (TPSA) is 41.4 Å². The van der Waals surface area contributed by atoms with Gasteiger partial charge >= 0.3 is 0 Å². The lowest BCUT2D eigenvalue weighted by Crippen LogP contribution is -2.48. The van der Waals surface area contributed by atoms with Gasteiger partial charge in [0.15, 0.2) is 0 Å². The highest BCUT2D eigenvalue weighted by molar-refractivity contribution is 5.95. The highest BCUT2D eigenvalue weighted by Gasteiger charge is 2.28. The Hall–Kier alpha value is -2.14. The molecular weight excluding hydrogens is 300 g/mol. The van der Waals surface area contributed by atoms with Crippen LogP contribution in [0.2, 0.25) is 0 Å². The Morgan fingerprint density at radius 1 is 1.33 bits per heavy atom. The lowest BCUT2D eigenvalue weighted by Gasteiger charge is -2.37. The smallest absolute Gasteiger partial charge is 0.257 e. The van der Waals surface area contributed by atoms with Gasteiger partial charge in [-0.25, -0.2) is 0 Å². The van der Waals surface area contributed by atoms with Crippen LogP contribution in [-0.2, 0) is 13.6 Å². The Kier molecular flexibility index (Phi) is 5.00. The highest BCUT2D eigenvalue weighted by Crippen LogP contribution is 2.19. The van der Waals surface area contributed by atoms with E-state index in [0.717, 1.165) is 38.2 Å². The van der Waals surface area contributed by atoms with E-state index < -0.39 is 0 Å². The fraction of sp³-hybridized carbons (Fsp3) is 0.474. The average Bonchev–Trinajstić information content (AvgIpc) is 2.93. The van der Waals surface area contributed by atoms with Crippen molar-refractivity contribution in [2.45, 2.75) is 32.4 Å². The van der Waals surface area contributed by atoms with E-state index in [2.05, 4.69) is 34.3 Å². The first-order valence-electron chi connectivity index (χ1n) is 8.58. The monoisotopic (exact) mass is 326 g/mol. The summed E-state index contributed by atoms with van der Waals surface area (Å²) in [5.41, 5.74) is 2.83. The number of likely N-dealkylation sites (N-methyl/N-ethyl adjacent to an activating group) is 1. The van der Waals surface area contributed by atoms with Crippen LogP contribution in [0.3, 0.4) is 0 Å². The molecule has 0 bridgehead atoms. The number of likely N-dealkylation sites (tertiary alicyclic amines) is 1. The van der Waals surface area contributed by atoms with E-state index in [4.69, 9.17) is 0 Å². The molecule has 1 aliphatic heterocycles. The predicted molar refractivity (Wildman–Crippen MR) is 94.8 cm³/mol. The molecular formula is C19H26N4O. The molecule has 1 atom stereocenters. The molecule has 3 rings (SSSR count). The van der Waals surface area contributed by atoms with Crippen molar-refractivity contribution in [1.82, 2.24) is 19.6 Å². The number of carbonyl (C=O) groups excluding carboxylic acids is 1. The zero-order valence-electron chi connectivity index (χ0n) is 14.8. The van der Waals surface area contributed by atoms with Gasteiger partial charge in [0, 0.05) is 39.4 Å². The van der Waals surface area contributed by atoms with E-state index in [-0.39, 0.29) is 11.9 Å². The number of amides is 1. The molecule has 5 heteroatoms. The van der Waals surface area contributed by atoms with Crippen LogP contribution >= 0.6 is 0 Å². The average molecular weight is 326 g/mol. The molecule has 1 unspecified atom stereocenters. The van der Waals surface area contributed by atoms with Crippen LogP contribution in [0.5, 0.6) is 0 Å². The number of piperidine rings is 1. The van der Waals surface area contributed by atoms with E-state index in [0.29, 0.717) is 5.56 Å². The number of nitrogens with zero attached hydrogens (tertiary/aromatic N) is 4. The third-order valence-corrected chi connectivity index (χ3v) is 4.84. The van der Waals surface area contributed by atoms with E-state index in [1.165, 1.54) is 5.56 Å². The standard InChI is InChI=1S/C19H26N4O/c1-15-18(14-21(2)20-15)19(24)22(3)17-10-7-11-23(13-17)12-16-8-5-4-6-9-16/h4-6,8-9,14,17H,7,10-13H2,1-3H3.